The Kier molecular flexibility index (Phi) is 4.30. The minimum Gasteiger partial charge on any atom is -0.311 e. The number of hydrogen-bond donors (Lipinski definition) is 1. The first-order chi connectivity index (χ1) is 9.90. The lowest BCUT2D eigenvalue weighted by Crippen LogP contribution is -2.17. The Bertz CT molecular complexity index is 634. The highest BCUT2D eigenvalue weighted by Crippen LogP contribution is 2.29. The van der Waals surface area contributed by atoms with Gasteiger partial charge < -0.3 is 5.32 Å². The first kappa shape index (κ1) is 15.1. The Morgan fingerprint density at radius 3 is 2.76 bits per heavy atom. The minimum absolute atomic E-state index is 0.126. The second kappa shape index (κ2) is 5.99. The molecule has 0 radical (unpaired) electrons. The quantitative estimate of drug-likeness (QED) is 0.942. The third kappa shape index (κ3) is 3.84. The van der Waals surface area contributed by atoms with Gasteiger partial charge in [-0.05, 0) is 18.6 Å². The van der Waals surface area contributed by atoms with Gasteiger partial charge in [0.05, 0.1) is 18.2 Å². The van der Waals surface area contributed by atoms with E-state index in [2.05, 4.69) is 10.4 Å². The van der Waals surface area contributed by atoms with Gasteiger partial charge in [0.25, 0.3) is 0 Å². The molecule has 4 nitrogen and oxygen atoms in total. The lowest BCUT2D eigenvalue weighted by molar-refractivity contribution is -0.137. The molecule has 2 rings (SSSR count). The van der Waals surface area contributed by atoms with E-state index in [0.29, 0.717) is 17.9 Å². The molecule has 1 heterocycles. The number of anilines is 1. The Morgan fingerprint density at radius 2 is 2.10 bits per heavy atom. The minimum atomic E-state index is -4.41. The van der Waals surface area contributed by atoms with Crippen molar-refractivity contribution in [3.8, 4) is 0 Å². The number of aryl methyl sites for hydroxylation is 1. The van der Waals surface area contributed by atoms with E-state index in [1.807, 2.05) is 6.92 Å². The average molecular weight is 297 g/mol. The van der Waals surface area contributed by atoms with Gasteiger partial charge in [0, 0.05) is 12.6 Å². The number of carbonyl (C=O) groups excluding carboxylic acids is 1. The van der Waals surface area contributed by atoms with E-state index in [0.717, 1.165) is 12.1 Å². The number of halogens is 3. The van der Waals surface area contributed by atoms with Gasteiger partial charge in [-0.25, -0.2) is 4.68 Å². The molecule has 0 bridgehead atoms. The average Bonchev–Trinajstić information content (AvgIpc) is 2.85. The van der Waals surface area contributed by atoms with Crippen molar-refractivity contribution in [2.45, 2.75) is 26.1 Å². The SMILES string of the molecule is CCn1nccc1NC(=O)Cc1cccc(C(F)(F)F)c1. The van der Waals surface area contributed by atoms with Crippen LogP contribution in [0.5, 0.6) is 0 Å². The predicted molar refractivity (Wildman–Crippen MR) is 71.7 cm³/mol. The molecule has 0 aliphatic carbocycles. The Hall–Kier alpha value is -2.31. The standard InChI is InChI=1S/C14H14F3N3O/c1-2-20-12(6-7-18-20)19-13(21)9-10-4-3-5-11(8-10)14(15,16)17/h3-8H,2,9H2,1H3,(H,19,21). The summed E-state index contributed by atoms with van der Waals surface area (Å²) in [4.78, 5) is 11.9. The number of nitrogens with zero attached hydrogens (tertiary/aromatic N) is 2. The van der Waals surface area contributed by atoms with E-state index in [1.54, 1.807) is 16.9 Å². The van der Waals surface area contributed by atoms with Crippen molar-refractivity contribution in [1.29, 1.82) is 0 Å². The molecule has 0 unspecified atom stereocenters. The molecular formula is C14H14F3N3O. The Labute approximate surface area is 119 Å². The maximum Gasteiger partial charge on any atom is 0.416 e. The largest absolute Gasteiger partial charge is 0.416 e. The maximum absolute atomic E-state index is 12.6. The molecule has 1 N–H and O–H groups in total. The number of hydrogen-bond acceptors (Lipinski definition) is 2. The van der Waals surface area contributed by atoms with Crippen LogP contribution in [0, 0.1) is 0 Å². The molecule has 0 aliphatic heterocycles. The molecule has 0 saturated carbocycles. The molecule has 0 spiro atoms. The second-order valence-corrected chi connectivity index (χ2v) is 4.46. The summed E-state index contributed by atoms with van der Waals surface area (Å²) in [6.07, 6.45) is -2.99. The number of carbonyl (C=O) groups is 1. The Balaban J connectivity index is 2.06. The zero-order valence-electron chi connectivity index (χ0n) is 11.3. The highest BCUT2D eigenvalue weighted by molar-refractivity contribution is 5.91. The molecule has 0 aliphatic rings. The molecule has 7 heteroatoms. The zero-order chi connectivity index (χ0) is 15.5. The summed E-state index contributed by atoms with van der Waals surface area (Å²) < 4.78 is 39.4. The van der Waals surface area contributed by atoms with Crippen LogP contribution >= 0.6 is 0 Å². The molecule has 1 aromatic carbocycles. The van der Waals surface area contributed by atoms with Crippen LogP contribution in [0.2, 0.25) is 0 Å². The topological polar surface area (TPSA) is 46.9 Å². The van der Waals surface area contributed by atoms with Crippen molar-refractivity contribution >= 4 is 11.7 Å². The zero-order valence-corrected chi connectivity index (χ0v) is 11.3. The van der Waals surface area contributed by atoms with Gasteiger partial charge in [0.15, 0.2) is 0 Å². The van der Waals surface area contributed by atoms with Crippen molar-refractivity contribution < 1.29 is 18.0 Å². The first-order valence-electron chi connectivity index (χ1n) is 6.38. The molecule has 2 aromatic rings. The van der Waals surface area contributed by atoms with Crippen LogP contribution in [-0.2, 0) is 23.9 Å². The van der Waals surface area contributed by atoms with Crippen molar-refractivity contribution in [2.75, 3.05) is 5.32 Å². The van der Waals surface area contributed by atoms with Gasteiger partial charge in [0.2, 0.25) is 5.91 Å². The van der Waals surface area contributed by atoms with Crippen molar-refractivity contribution in [1.82, 2.24) is 9.78 Å². The lowest BCUT2D eigenvalue weighted by atomic mass is 10.1. The number of amides is 1. The number of nitrogens with one attached hydrogen (secondary N) is 1. The summed E-state index contributed by atoms with van der Waals surface area (Å²) in [5.41, 5.74) is -0.448. The van der Waals surface area contributed by atoms with E-state index in [4.69, 9.17) is 0 Å². The van der Waals surface area contributed by atoms with Gasteiger partial charge >= 0.3 is 6.18 Å². The van der Waals surface area contributed by atoms with Gasteiger partial charge in [-0.1, -0.05) is 18.2 Å². The molecule has 0 atom stereocenters. The molecule has 1 amide bonds. The first-order valence-corrected chi connectivity index (χ1v) is 6.38. The van der Waals surface area contributed by atoms with E-state index >= 15 is 0 Å². The smallest absolute Gasteiger partial charge is 0.311 e. The van der Waals surface area contributed by atoms with Crippen LogP contribution in [0.1, 0.15) is 18.1 Å². The maximum atomic E-state index is 12.6. The number of rotatable bonds is 4. The summed E-state index contributed by atoms with van der Waals surface area (Å²) in [5, 5.41) is 6.62. The van der Waals surface area contributed by atoms with E-state index in [-0.39, 0.29) is 12.3 Å². The van der Waals surface area contributed by atoms with Gasteiger partial charge in [-0.3, -0.25) is 4.79 Å². The molecule has 1 aromatic heterocycles. The van der Waals surface area contributed by atoms with E-state index in [1.165, 1.54) is 12.1 Å². The van der Waals surface area contributed by atoms with E-state index < -0.39 is 11.7 Å². The van der Waals surface area contributed by atoms with Crippen LogP contribution in [0.4, 0.5) is 19.0 Å². The summed E-state index contributed by atoms with van der Waals surface area (Å²) in [6.45, 7) is 2.46. The molecule has 0 fully saturated rings. The summed E-state index contributed by atoms with van der Waals surface area (Å²) in [6, 6.07) is 6.38. The third-order valence-corrected chi connectivity index (χ3v) is 2.90. The number of alkyl halides is 3. The fourth-order valence-corrected chi connectivity index (χ4v) is 1.92. The molecular weight excluding hydrogens is 283 g/mol. The van der Waals surface area contributed by atoms with Crippen molar-refractivity contribution in [3.05, 3.63) is 47.7 Å². The number of aromatic nitrogens is 2. The summed E-state index contributed by atoms with van der Waals surface area (Å²) in [7, 11) is 0. The van der Waals surface area contributed by atoms with Crippen LogP contribution in [0.3, 0.4) is 0 Å². The molecule has 112 valence electrons. The monoisotopic (exact) mass is 297 g/mol. The summed E-state index contributed by atoms with van der Waals surface area (Å²) in [5.74, 6) is 0.138. The van der Waals surface area contributed by atoms with Crippen LogP contribution in [0.25, 0.3) is 0 Å². The highest BCUT2D eigenvalue weighted by atomic mass is 19.4. The van der Waals surface area contributed by atoms with Crippen molar-refractivity contribution in [2.24, 2.45) is 0 Å². The summed E-state index contributed by atoms with van der Waals surface area (Å²) >= 11 is 0. The van der Waals surface area contributed by atoms with Gasteiger partial charge in [-0.15, -0.1) is 0 Å². The van der Waals surface area contributed by atoms with Crippen LogP contribution < -0.4 is 5.32 Å². The van der Waals surface area contributed by atoms with Crippen LogP contribution in [0.15, 0.2) is 36.5 Å². The van der Waals surface area contributed by atoms with Gasteiger partial charge in [-0.2, -0.15) is 18.3 Å². The fraction of sp³-hybridized carbons (Fsp3) is 0.286. The lowest BCUT2D eigenvalue weighted by Gasteiger charge is -2.09. The third-order valence-electron chi connectivity index (χ3n) is 2.90. The second-order valence-electron chi connectivity index (χ2n) is 4.46. The normalized spacial score (nSPS) is 11.4. The molecule has 0 saturated heterocycles. The Morgan fingerprint density at radius 1 is 1.33 bits per heavy atom. The fourth-order valence-electron chi connectivity index (χ4n) is 1.92. The predicted octanol–water partition coefficient (Wildman–Crippen LogP) is 3.10. The molecule has 21 heavy (non-hydrogen) atoms. The highest BCUT2D eigenvalue weighted by Gasteiger charge is 2.30. The van der Waals surface area contributed by atoms with Crippen molar-refractivity contribution in [3.63, 3.8) is 0 Å². The van der Waals surface area contributed by atoms with E-state index in [9.17, 15) is 18.0 Å². The number of benzene rings is 1. The van der Waals surface area contributed by atoms with Crippen LogP contribution in [-0.4, -0.2) is 15.7 Å². The van der Waals surface area contributed by atoms with Gasteiger partial charge in [0.1, 0.15) is 5.82 Å².